The SMILES string of the molecule is COC(=O)C(C)CN(C(=O)Cc1ccccc1[N+](=O)[O-])C1CCCCC1C. The zero-order chi connectivity index (χ0) is 20.0. The molecule has 27 heavy (non-hydrogen) atoms. The second-order valence-electron chi connectivity index (χ2n) is 7.36. The normalized spacial score (nSPS) is 20.6. The molecule has 1 aromatic rings. The summed E-state index contributed by atoms with van der Waals surface area (Å²) in [6.07, 6.45) is 4.05. The molecular weight excluding hydrogens is 348 g/mol. The van der Waals surface area contributed by atoms with Crippen LogP contribution in [-0.2, 0) is 20.7 Å². The van der Waals surface area contributed by atoms with E-state index in [0.717, 1.165) is 25.7 Å². The number of nitro benzene ring substituents is 1. The molecule has 2 rings (SSSR count). The highest BCUT2D eigenvalue weighted by Crippen LogP contribution is 2.30. The Kier molecular flexibility index (Phi) is 7.33. The Morgan fingerprint density at radius 3 is 2.59 bits per heavy atom. The number of hydrogen-bond acceptors (Lipinski definition) is 5. The third-order valence-electron chi connectivity index (χ3n) is 5.39. The van der Waals surface area contributed by atoms with E-state index in [2.05, 4.69) is 6.92 Å². The van der Waals surface area contributed by atoms with E-state index >= 15 is 0 Å². The minimum atomic E-state index is -0.465. The van der Waals surface area contributed by atoms with Gasteiger partial charge < -0.3 is 9.64 Å². The van der Waals surface area contributed by atoms with E-state index in [0.29, 0.717) is 11.5 Å². The molecule has 3 atom stereocenters. The van der Waals surface area contributed by atoms with Crippen LogP contribution in [0.25, 0.3) is 0 Å². The van der Waals surface area contributed by atoms with Crippen molar-refractivity contribution < 1.29 is 19.2 Å². The molecule has 1 aliphatic carbocycles. The predicted molar refractivity (Wildman–Crippen MR) is 101 cm³/mol. The van der Waals surface area contributed by atoms with Crippen molar-refractivity contribution >= 4 is 17.6 Å². The Labute approximate surface area is 159 Å². The van der Waals surface area contributed by atoms with Gasteiger partial charge in [-0.3, -0.25) is 19.7 Å². The minimum absolute atomic E-state index is 0.0427. The first-order valence-electron chi connectivity index (χ1n) is 9.44. The fraction of sp³-hybridized carbons (Fsp3) is 0.600. The van der Waals surface area contributed by atoms with E-state index in [4.69, 9.17) is 4.74 Å². The van der Waals surface area contributed by atoms with Crippen LogP contribution in [-0.4, -0.2) is 41.4 Å². The van der Waals surface area contributed by atoms with Gasteiger partial charge in [0.15, 0.2) is 0 Å². The number of carbonyl (C=O) groups is 2. The summed E-state index contributed by atoms with van der Waals surface area (Å²) in [6.45, 7) is 4.13. The molecule has 0 bridgehead atoms. The fourth-order valence-corrected chi connectivity index (χ4v) is 3.86. The van der Waals surface area contributed by atoms with Crippen LogP contribution in [0.15, 0.2) is 24.3 Å². The third kappa shape index (κ3) is 5.28. The quantitative estimate of drug-likeness (QED) is 0.413. The number of ether oxygens (including phenoxy) is 1. The lowest BCUT2D eigenvalue weighted by molar-refractivity contribution is -0.385. The van der Waals surface area contributed by atoms with E-state index in [1.807, 2.05) is 0 Å². The third-order valence-corrected chi connectivity index (χ3v) is 5.39. The molecule has 0 spiro atoms. The molecule has 0 N–H and O–H groups in total. The molecule has 7 heteroatoms. The Morgan fingerprint density at radius 1 is 1.30 bits per heavy atom. The van der Waals surface area contributed by atoms with E-state index in [1.54, 1.807) is 30.0 Å². The molecule has 0 aromatic heterocycles. The van der Waals surface area contributed by atoms with Crippen LogP contribution in [0.4, 0.5) is 5.69 Å². The van der Waals surface area contributed by atoms with Gasteiger partial charge in [0.25, 0.3) is 5.69 Å². The summed E-state index contributed by atoms with van der Waals surface area (Å²) in [5.41, 5.74) is 0.343. The molecule has 148 valence electrons. The highest BCUT2D eigenvalue weighted by molar-refractivity contribution is 5.81. The molecular formula is C20H28N2O5. The first kappa shape index (κ1) is 20.9. The zero-order valence-electron chi connectivity index (χ0n) is 16.2. The average molecular weight is 376 g/mol. The van der Waals surface area contributed by atoms with Gasteiger partial charge in [-0.25, -0.2) is 0 Å². The van der Waals surface area contributed by atoms with Crippen molar-refractivity contribution in [2.24, 2.45) is 11.8 Å². The number of carbonyl (C=O) groups excluding carboxylic acids is 2. The van der Waals surface area contributed by atoms with Crippen LogP contribution < -0.4 is 0 Å². The summed E-state index contributed by atoms with van der Waals surface area (Å²) >= 11 is 0. The maximum Gasteiger partial charge on any atom is 0.310 e. The number of esters is 1. The molecule has 0 heterocycles. The Balaban J connectivity index is 2.25. The van der Waals surface area contributed by atoms with Gasteiger partial charge in [0.1, 0.15) is 0 Å². The number of amides is 1. The van der Waals surface area contributed by atoms with Gasteiger partial charge in [-0.1, -0.05) is 44.9 Å². The van der Waals surface area contributed by atoms with Crippen molar-refractivity contribution in [3.8, 4) is 0 Å². The summed E-state index contributed by atoms with van der Waals surface area (Å²) in [6, 6.07) is 6.35. The van der Waals surface area contributed by atoms with Crippen molar-refractivity contribution in [3.05, 3.63) is 39.9 Å². The lowest BCUT2D eigenvalue weighted by Crippen LogP contribution is -2.48. The van der Waals surface area contributed by atoms with E-state index in [-0.39, 0.29) is 36.6 Å². The van der Waals surface area contributed by atoms with Crippen LogP contribution in [0, 0.1) is 22.0 Å². The first-order valence-corrected chi connectivity index (χ1v) is 9.44. The molecule has 7 nitrogen and oxygen atoms in total. The molecule has 1 aromatic carbocycles. The van der Waals surface area contributed by atoms with Crippen LogP contribution in [0.1, 0.15) is 45.1 Å². The molecule has 0 radical (unpaired) electrons. The second-order valence-corrected chi connectivity index (χ2v) is 7.36. The van der Waals surface area contributed by atoms with Crippen LogP contribution in [0.5, 0.6) is 0 Å². The van der Waals surface area contributed by atoms with E-state index in [1.165, 1.54) is 13.2 Å². The monoisotopic (exact) mass is 376 g/mol. The first-order chi connectivity index (χ1) is 12.8. The Morgan fingerprint density at radius 2 is 1.96 bits per heavy atom. The Bertz CT molecular complexity index is 691. The molecule has 1 fully saturated rings. The topological polar surface area (TPSA) is 89.8 Å². The van der Waals surface area contributed by atoms with Crippen LogP contribution in [0.3, 0.4) is 0 Å². The van der Waals surface area contributed by atoms with E-state index in [9.17, 15) is 19.7 Å². The Hall–Kier alpha value is -2.44. The van der Waals surface area contributed by atoms with Crippen molar-refractivity contribution in [2.75, 3.05) is 13.7 Å². The lowest BCUT2D eigenvalue weighted by Gasteiger charge is -2.39. The lowest BCUT2D eigenvalue weighted by atomic mass is 9.84. The van der Waals surface area contributed by atoms with Gasteiger partial charge in [-0.15, -0.1) is 0 Å². The predicted octanol–water partition coefficient (Wildman–Crippen LogP) is 3.35. The van der Waals surface area contributed by atoms with Crippen molar-refractivity contribution in [1.82, 2.24) is 4.90 Å². The number of nitrogens with zero attached hydrogens (tertiary/aromatic N) is 2. The van der Waals surface area contributed by atoms with Gasteiger partial charge in [-0.05, 0) is 18.8 Å². The number of nitro groups is 1. The highest BCUT2D eigenvalue weighted by atomic mass is 16.6. The van der Waals surface area contributed by atoms with Crippen LogP contribution >= 0.6 is 0 Å². The molecule has 1 saturated carbocycles. The van der Waals surface area contributed by atoms with Crippen molar-refractivity contribution in [2.45, 2.75) is 52.0 Å². The molecule has 0 aliphatic heterocycles. The van der Waals surface area contributed by atoms with Gasteiger partial charge in [0.05, 0.1) is 24.4 Å². The zero-order valence-corrected chi connectivity index (χ0v) is 16.2. The molecule has 3 unspecified atom stereocenters. The van der Waals surface area contributed by atoms with E-state index < -0.39 is 10.8 Å². The largest absolute Gasteiger partial charge is 0.469 e. The summed E-state index contributed by atoms with van der Waals surface area (Å²) in [4.78, 5) is 37.6. The number of hydrogen-bond donors (Lipinski definition) is 0. The van der Waals surface area contributed by atoms with Gasteiger partial charge in [0.2, 0.25) is 5.91 Å². The summed E-state index contributed by atoms with van der Waals surface area (Å²) in [7, 11) is 1.33. The van der Waals surface area contributed by atoms with Gasteiger partial charge in [-0.2, -0.15) is 0 Å². The molecule has 1 aliphatic rings. The van der Waals surface area contributed by atoms with Crippen LogP contribution in [0.2, 0.25) is 0 Å². The standard InChI is InChI=1S/C20H28N2O5/c1-14-8-4-6-10-17(14)21(13-15(2)20(24)27-3)19(23)12-16-9-5-7-11-18(16)22(25)26/h5,7,9,11,14-15,17H,4,6,8,10,12-13H2,1-3H3. The fourth-order valence-electron chi connectivity index (χ4n) is 3.86. The van der Waals surface area contributed by atoms with Crippen molar-refractivity contribution in [3.63, 3.8) is 0 Å². The molecule has 1 amide bonds. The molecule has 0 saturated heterocycles. The summed E-state index contributed by atoms with van der Waals surface area (Å²) in [5, 5.41) is 11.3. The maximum atomic E-state index is 13.1. The summed E-state index contributed by atoms with van der Waals surface area (Å²) < 4.78 is 4.81. The summed E-state index contributed by atoms with van der Waals surface area (Å²) in [5.74, 6) is -0.655. The number of para-hydroxylation sites is 1. The number of benzene rings is 1. The second kappa shape index (κ2) is 9.48. The average Bonchev–Trinajstić information content (AvgIpc) is 2.66. The number of rotatable bonds is 7. The minimum Gasteiger partial charge on any atom is -0.469 e. The van der Waals surface area contributed by atoms with Gasteiger partial charge in [0, 0.05) is 24.2 Å². The maximum absolute atomic E-state index is 13.1. The smallest absolute Gasteiger partial charge is 0.310 e. The van der Waals surface area contributed by atoms with Crippen molar-refractivity contribution in [1.29, 1.82) is 0 Å². The number of methoxy groups -OCH3 is 1. The highest BCUT2D eigenvalue weighted by Gasteiger charge is 2.33. The van der Waals surface area contributed by atoms with Gasteiger partial charge >= 0.3 is 5.97 Å².